The maximum Gasteiger partial charge on any atom is 0.229 e. The molecule has 3 rings (SSSR count). The van der Waals surface area contributed by atoms with Gasteiger partial charge in [0, 0.05) is 29.7 Å². The Kier molecular flexibility index (Phi) is 5.21. The van der Waals surface area contributed by atoms with E-state index < -0.39 is 0 Å². The van der Waals surface area contributed by atoms with Crippen molar-refractivity contribution in [1.29, 1.82) is 0 Å². The van der Waals surface area contributed by atoms with Crippen LogP contribution in [0.15, 0.2) is 34.9 Å². The van der Waals surface area contributed by atoms with Crippen LogP contribution >= 0.6 is 11.6 Å². The molecule has 1 fully saturated rings. The first-order chi connectivity index (χ1) is 11.6. The van der Waals surface area contributed by atoms with E-state index >= 15 is 0 Å². The molecule has 5 nitrogen and oxygen atoms in total. The Bertz CT molecular complexity index is 699. The number of carbonyl (C=O) groups is 1. The number of hydrogen-bond acceptors (Lipinski definition) is 4. The van der Waals surface area contributed by atoms with Gasteiger partial charge in [0.05, 0.1) is 12.1 Å². The summed E-state index contributed by atoms with van der Waals surface area (Å²) in [7, 11) is 0. The summed E-state index contributed by atoms with van der Waals surface area (Å²) in [6.45, 7) is 3.43. The summed E-state index contributed by atoms with van der Waals surface area (Å²) in [4.78, 5) is 19.0. The van der Waals surface area contributed by atoms with Crippen molar-refractivity contribution in [1.82, 2.24) is 9.88 Å². The van der Waals surface area contributed by atoms with Gasteiger partial charge in [-0.05, 0) is 43.0 Å². The maximum atomic E-state index is 12.6. The number of oxazole rings is 1. The summed E-state index contributed by atoms with van der Waals surface area (Å²) >= 11 is 5.89. The van der Waals surface area contributed by atoms with E-state index in [1.165, 1.54) is 0 Å². The van der Waals surface area contributed by atoms with Gasteiger partial charge in [0.15, 0.2) is 0 Å². The van der Waals surface area contributed by atoms with Crippen molar-refractivity contribution in [2.24, 2.45) is 11.7 Å². The molecule has 128 valence electrons. The third-order valence-electron chi connectivity index (χ3n) is 4.65. The number of nitrogens with two attached hydrogens (primary N) is 1. The topological polar surface area (TPSA) is 72.4 Å². The van der Waals surface area contributed by atoms with E-state index in [1.54, 1.807) is 18.4 Å². The van der Waals surface area contributed by atoms with E-state index in [0.29, 0.717) is 29.1 Å². The van der Waals surface area contributed by atoms with Gasteiger partial charge < -0.3 is 15.1 Å². The Hall–Kier alpha value is -1.85. The summed E-state index contributed by atoms with van der Waals surface area (Å²) in [6, 6.07) is 7.38. The van der Waals surface area contributed by atoms with Crippen LogP contribution in [0.4, 0.5) is 0 Å². The molecular weight excluding hydrogens is 326 g/mol. The van der Waals surface area contributed by atoms with Gasteiger partial charge in [-0.25, -0.2) is 4.98 Å². The van der Waals surface area contributed by atoms with Crippen LogP contribution in [0.3, 0.4) is 0 Å². The highest BCUT2D eigenvalue weighted by atomic mass is 35.5. The lowest BCUT2D eigenvalue weighted by atomic mass is 9.90. The highest BCUT2D eigenvalue weighted by Crippen LogP contribution is 2.24. The number of nitrogens with zero attached hydrogens (tertiary/aromatic N) is 2. The quantitative estimate of drug-likeness (QED) is 0.922. The third-order valence-corrected chi connectivity index (χ3v) is 4.90. The number of piperidine rings is 1. The maximum absolute atomic E-state index is 12.6. The zero-order valence-electron chi connectivity index (χ0n) is 13.7. The molecule has 1 amide bonds. The van der Waals surface area contributed by atoms with Crippen molar-refractivity contribution in [3.8, 4) is 11.5 Å². The fraction of sp³-hybridized carbons (Fsp3) is 0.444. The van der Waals surface area contributed by atoms with Crippen molar-refractivity contribution in [2.75, 3.05) is 13.1 Å². The van der Waals surface area contributed by atoms with Gasteiger partial charge in [0.25, 0.3) is 0 Å². The second kappa shape index (κ2) is 7.36. The Morgan fingerprint density at radius 1 is 1.42 bits per heavy atom. The second-order valence-electron chi connectivity index (χ2n) is 6.34. The highest BCUT2D eigenvalue weighted by molar-refractivity contribution is 6.30. The standard InChI is InChI=1S/C18H22ClN3O2/c1-12-3-2-8-22(16(12)10-20)17(23)9-15-11-24-18(21-15)13-4-6-14(19)7-5-13/h4-7,11-12,16H,2-3,8-10,20H2,1H3/t12-,16-/m0/s1. The molecule has 2 aromatic rings. The summed E-state index contributed by atoms with van der Waals surface area (Å²) < 4.78 is 5.50. The number of carbonyl (C=O) groups excluding carboxylic acids is 1. The summed E-state index contributed by atoms with van der Waals surface area (Å²) in [5, 5.41) is 0.660. The van der Waals surface area contributed by atoms with Crippen LogP contribution in [-0.2, 0) is 11.2 Å². The fourth-order valence-electron chi connectivity index (χ4n) is 3.29. The molecule has 0 bridgehead atoms. The number of rotatable bonds is 4. The molecule has 0 unspecified atom stereocenters. The molecule has 24 heavy (non-hydrogen) atoms. The first-order valence-electron chi connectivity index (χ1n) is 8.28. The average Bonchev–Trinajstić information content (AvgIpc) is 3.03. The number of hydrogen-bond donors (Lipinski definition) is 1. The van der Waals surface area contributed by atoms with Crippen molar-refractivity contribution >= 4 is 17.5 Å². The summed E-state index contributed by atoms with van der Waals surface area (Å²) in [5.41, 5.74) is 7.34. The molecule has 1 aromatic heterocycles. The Morgan fingerprint density at radius 2 is 2.17 bits per heavy atom. The second-order valence-corrected chi connectivity index (χ2v) is 6.77. The zero-order valence-corrected chi connectivity index (χ0v) is 14.5. The normalized spacial score (nSPS) is 21.0. The first kappa shape index (κ1) is 17.0. The van der Waals surface area contributed by atoms with Gasteiger partial charge >= 0.3 is 0 Å². The molecular formula is C18H22ClN3O2. The lowest BCUT2D eigenvalue weighted by molar-refractivity contribution is -0.135. The Labute approximate surface area is 146 Å². The first-order valence-corrected chi connectivity index (χ1v) is 8.66. The van der Waals surface area contributed by atoms with E-state index in [2.05, 4.69) is 11.9 Å². The van der Waals surface area contributed by atoms with E-state index in [-0.39, 0.29) is 18.4 Å². The van der Waals surface area contributed by atoms with Crippen LogP contribution in [0.25, 0.3) is 11.5 Å². The van der Waals surface area contributed by atoms with Gasteiger partial charge in [0.2, 0.25) is 11.8 Å². The largest absolute Gasteiger partial charge is 0.444 e. The van der Waals surface area contributed by atoms with E-state index in [0.717, 1.165) is 24.9 Å². The van der Waals surface area contributed by atoms with Crippen LogP contribution in [0.2, 0.25) is 5.02 Å². The van der Waals surface area contributed by atoms with Gasteiger partial charge in [-0.15, -0.1) is 0 Å². The number of halogens is 1. The highest BCUT2D eigenvalue weighted by Gasteiger charge is 2.31. The van der Waals surface area contributed by atoms with Crippen LogP contribution in [-0.4, -0.2) is 34.9 Å². The third kappa shape index (κ3) is 3.62. The average molecular weight is 348 g/mol. The smallest absolute Gasteiger partial charge is 0.229 e. The number of amides is 1. The SMILES string of the molecule is C[C@H]1CCCN(C(=O)Cc2coc(-c3ccc(Cl)cc3)n2)[C@H]1CN. The summed E-state index contributed by atoms with van der Waals surface area (Å²) in [5.74, 6) is 0.999. The molecule has 2 atom stereocenters. The Balaban J connectivity index is 1.70. The molecule has 2 heterocycles. The number of likely N-dealkylation sites (tertiary alicyclic amines) is 1. The van der Waals surface area contributed by atoms with E-state index in [4.69, 9.17) is 21.8 Å². The molecule has 1 aliphatic rings. The lowest BCUT2D eigenvalue weighted by Crippen LogP contribution is -2.51. The minimum atomic E-state index is 0.0629. The molecule has 1 aromatic carbocycles. The van der Waals surface area contributed by atoms with Crippen molar-refractivity contribution in [3.63, 3.8) is 0 Å². The molecule has 1 aliphatic heterocycles. The Morgan fingerprint density at radius 3 is 2.88 bits per heavy atom. The van der Waals surface area contributed by atoms with Crippen LogP contribution in [0, 0.1) is 5.92 Å². The number of aromatic nitrogens is 1. The lowest BCUT2D eigenvalue weighted by Gasteiger charge is -2.39. The van der Waals surface area contributed by atoms with E-state index in [1.807, 2.05) is 17.0 Å². The van der Waals surface area contributed by atoms with Crippen molar-refractivity contribution in [2.45, 2.75) is 32.2 Å². The van der Waals surface area contributed by atoms with Gasteiger partial charge in [-0.1, -0.05) is 18.5 Å². The molecule has 0 spiro atoms. The van der Waals surface area contributed by atoms with Crippen molar-refractivity contribution < 1.29 is 9.21 Å². The molecule has 1 saturated heterocycles. The van der Waals surface area contributed by atoms with Crippen LogP contribution < -0.4 is 5.73 Å². The molecule has 2 N–H and O–H groups in total. The molecule has 6 heteroatoms. The molecule has 0 saturated carbocycles. The predicted molar refractivity (Wildman–Crippen MR) is 93.6 cm³/mol. The fourth-order valence-corrected chi connectivity index (χ4v) is 3.41. The minimum Gasteiger partial charge on any atom is -0.444 e. The van der Waals surface area contributed by atoms with Gasteiger partial charge in [-0.3, -0.25) is 4.79 Å². The predicted octanol–water partition coefficient (Wildman–Crippen LogP) is 3.12. The zero-order chi connectivity index (χ0) is 17.1. The molecule has 0 radical (unpaired) electrons. The van der Waals surface area contributed by atoms with Crippen LogP contribution in [0.5, 0.6) is 0 Å². The van der Waals surface area contributed by atoms with E-state index in [9.17, 15) is 4.79 Å². The molecule has 0 aliphatic carbocycles. The van der Waals surface area contributed by atoms with Gasteiger partial charge in [-0.2, -0.15) is 0 Å². The van der Waals surface area contributed by atoms with Crippen molar-refractivity contribution in [3.05, 3.63) is 41.2 Å². The number of benzene rings is 1. The monoisotopic (exact) mass is 347 g/mol. The minimum absolute atomic E-state index is 0.0629. The summed E-state index contributed by atoms with van der Waals surface area (Å²) in [6.07, 6.45) is 3.93. The van der Waals surface area contributed by atoms with Crippen LogP contribution in [0.1, 0.15) is 25.5 Å². The van der Waals surface area contributed by atoms with Gasteiger partial charge in [0.1, 0.15) is 6.26 Å².